The van der Waals surface area contributed by atoms with Crippen LogP contribution in [-0.4, -0.2) is 46.9 Å². The quantitative estimate of drug-likeness (QED) is 0.702. The van der Waals surface area contributed by atoms with Crippen molar-refractivity contribution in [1.82, 2.24) is 14.8 Å². The molecule has 2 aromatic carbocycles. The van der Waals surface area contributed by atoms with Crippen LogP contribution in [0.5, 0.6) is 0 Å². The van der Waals surface area contributed by atoms with Gasteiger partial charge in [0, 0.05) is 55.9 Å². The van der Waals surface area contributed by atoms with Crippen LogP contribution in [0.3, 0.4) is 0 Å². The molecule has 1 aromatic heterocycles. The van der Waals surface area contributed by atoms with Crippen molar-refractivity contribution in [1.29, 1.82) is 0 Å². The summed E-state index contributed by atoms with van der Waals surface area (Å²) in [6.45, 7) is 3.98. The molecule has 29 heavy (non-hydrogen) atoms. The number of nitrogens with one attached hydrogen (secondary N) is 1. The van der Waals surface area contributed by atoms with E-state index >= 15 is 0 Å². The van der Waals surface area contributed by atoms with Crippen molar-refractivity contribution in [2.45, 2.75) is 6.54 Å². The summed E-state index contributed by atoms with van der Waals surface area (Å²) in [5, 5.41) is 3.34. The summed E-state index contributed by atoms with van der Waals surface area (Å²) >= 11 is 0. The van der Waals surface area contributed by atoms with Gasteiger partial charge in [0.2, 0.25) is 0 Å². The Morgan fingerprint density at radius 1 is 0.931 bits per heavy atom. The summed E-state index contributed by atoms with van der Waals surface area (Å²) in [6.07, 6.45) is 1.74. The first-order valence-corrected chi connectivity index (χ1v) is 9.81. The van der Waals surface area contributed by atoms with Crippen LogP contribution in [0, 0.1) is 0 Å². The topological polar surface area (TPSA) is 74.5 Å². The standard InChI is InChI=1S/C23H25N5O/c24-22-16-18(10-11-25-22)17-27-12-14-28(15-13-27)23(29)19-6-8-21(9-7-19)26-20-4-2-1-3-5-20/h1-11,16,26H,12-15,17H2,(H2,24,25). The monoisotopic (exact) mass is 387 g/mol. The van der Waals surface area contributed by atoms with E-state index in [2.05, 4.69) is 15.2 Å². The number of hydrogen-bond acceptors (Lipinski definition) is 5. The molecular formula is C23H25N5O. The second-order valence-electron chi connectivity index (χ2n) is 7.23. The minimum Gasteiger partial charge on any atom is -0.384 e. The van der Waals surface area contributed by atoms with E-state index in [1.165, 1.54) is 0 Å². The Morgan fingerprint density at radius 2 is 1.62 bits per heavy atom. The number of piperazine rings is 1. The number of amides is 1. The van der Waals surface area contributed by atoms with Crippen molar-refractivity contribution in [2.24, 2.45) is 0 Å². The average molecular weight is 387 g/mol. The third kappa shape index (κ3) is 4.92. The number of rotatable bonds is 5. The molecule has 1 fully saturated rings. The molecule has 0 atom stereocenters. The normalized spacial score (nSPS) is 14.6. The van der Waals surface area contributed by atoms with Crippen LogP contribution >= 0.6 is 0 Å². The zero-order valence-corrected chi connectivity index (χ0v) is 16.3. The Kier molecular flexibility index (Phi) is 5.72. The molecular weight excluding hydrogens is 362 g/mol. The zero-order valence-electron chi connectivity index (χ0n) is 16.3. The molecule has 4 rings (SSSR count). The van der Waals surface area contributed by atoms with Gasteiger partial charge >= 0.3 is 0 Å². The molecule has 1 amide bonds. The van der Waals surface area contributed by atoms with E-state index < -0.39 is 0 Å². The molecule has 1 saturated heterocycles. The molecule has 0 unspecified atom stereocenters. The molecule has 0 spiro atoms. The molecule has 0 radical (unpaired) electrons. The Hall–Kier alpha value is -3.38. The maximum atomic E-state index is 12.8. The van der Waals surface area contributed by atoms with E-state index in [0.29, 0.717) is 5.82 Å². The van der Waals surface area contributed by atoms with Crippen LogP contribution in [0.25, 0.3) is 0 Å². The van der Waals surface area contributed by atoms with E-state index in [9.17, 15) is 4.79 Å². The van der Waals surface area contributed by atoms with Crippen molar-refractivity contribution >= 4 is 23.1 Å². The molecule has 148 valence electrons. The van der Waals surface area contributed by atoms with Gasteiger partial charge in [0.1, 0.15) is 5.82 Å². The summed E-state index contributed by atoms with van der Waals surface area (Å²) in [6, 6.07) is 21.6. The van der Waals surface area contributed by atoms with Gasteiger partial charge < -0.3 is 16.0 Å². The van der Waals surface area contributed by atoms with Crippen molar-refractivity contribution in [3.05, 3.63) is 84.1 Å². The summed E-state index contributed by atoms with van der Waals surface area (Å²) in [5.74, 6) is 0.630. The van der Waals surface area contributed by atoms with Crippen molar-refractivity contribution in [3.8, 4) is 0 Å². The van der Waals surface area contributed by atoms with Gasteiger partial charge in [-0.05, 0) is 54.1 Å². The first-order valence-electron chi connectivity index (χ1n) is 9.81. The van der Waals surface area contributed by atoms with Crippen LogP contribution in [-0.2, 0) is 6.54 Å². The predicted octanol–water partition coefficient (Wildman–Crippen LogP) is 3.37. The Morgan fingerprint density at radius 3 is 2.31 bits per heavy atom. The number of aromatic nitrogens is 1. The van der Waals surface area contributed by atoms with E-state index in [-0.39, 0.29) is 5.91 Å². The number of benzene rings is 2. The SMILES string of the molecule is Nc1cc(CN2CCN(C(=O)c3ccc(Nc4ccccc4)cc3)CC2)ccn1. The van der Waals surface area contributed by atoms with Gasteiger partial charge in [0.25, 0.3) is 5.91 Å². The lowest BCUT2D eigenvalue weighted by molar-refractivity contribution is 0.0628. The fourth-order valence-corrected chi connectivity index (χ4v) is 3.53. The third-order valence-electron chi connectivity index (χ3n) is 5.11. The minimum atomic E-state index is 0.0871. The molecule has 2 heterocycles. The van der Waals surface area contributed by atoms with Gasteiger partial charge in [-0.25, -0.2) is 4.98 Å². The number of nitrogens with zero attached hydrogens (tertiary/aromatic N) is 3. The maximum Gasteiger partial charge on any atom is 0.253 e. The number of anilines is 3. The van der Waals surface area contributed by atoms with Gasteiger partial charge in [-0.3, -0.25) is 9.69 Å². The minimum absolute atomic E-state index is 0.0871. The molecule has 3 N–H and O–H groups in total. The molecule has 6 nitrogen and oxygen atoms in total. The smallest absolute Gasteiger partial charge is 0.253 e. The van der Waals surface area contributed by atoms with Crippen molar-refractivity contribution < 1.29 is 4.79 Å². The number of para-hydroxylation sites is 1. The van der Waals surface area contributed by atoms with E-state index in [1.54, 1.807) is 6.20 Å². The van der Waals surface area contributed by atoms with Crippen LogP contribution in [0.4, 0.5) is 17.2 Å². The molecule has 0 aliphatic carbocycles. The fourth-order valence-electron chi connectivity index (χ4n) is 3.53. The largest absolute Gasteiger partial charge is 0.384 e. The molecule has 1 aliphatic heterocycles. The second kappa shape index (κ2) is 8.75. The zero-order chi connectivity index (χ0) is 20.1. The maximum absolute atomic E-state index is 12.8. The van der Waals surface area contributed by atoms with E-state index in [1.807, 2.05) is 71.6 Å². The summed E-state index contributed by atoms with van der Waals surface area (Å²) in [5.41, 5.74) is 9.62. The third-order valence-corrected chi connectivity index (χ3v) is 5.11. The highest BCUT2D eigenvalue weighted by Crippen LogP contribution is 2.18. The number of hydrogen-bond donors (Lipinski definition) is 2. The Balaban J connectivity index is 1.31. The number of nitrogens with two attached hydrogens (primary N) is 1. The van der Waals surface area contributed by atoms with Crippen molar-refractivity contribution in [2.75, 3.05) is 37.2 Å². The molecule has 0 saturated carbocycles. The van der Waals surface area contributed by atoms with Gasteiger partial charge in [0.05, 0.1) is 0 Å². The highest BCUT2D eigenvalue weighted by Gasteiger charge is 2.22. The van der Waals surface area contributed by atoms with Crippen LogP contribution < -0.4 is 11.1 Å². The first kappa shape index (κ1) is 19.0. The number of carbonyl (C=O) groups excluding carboxylic acids is 1. The summed E-state index contributed by atoms with van der Waals surface area (Å²) in [4.78, 5) is 21.1. The molecule has 3 aromatic rings. The highest BCUT2D eigenvalue weighted by molar-refractivity contribution is 5.94. The van der Waals surface area contributed by atoms with Gasteiger partial charge in [0.15, 0.2) is 0 Å². The highest BCUT2D eigenvalue weighted by atomic mass is 16.2. The van der Waals surface area contributed by atoms with Crippen molar-refractivity contribution in [3.63, 3.8) is 0 Å². The fraction of sp³-hybridized carbons (Fsp3) is 0.217. The second-order valence-corrected chi connectivity index (χ2v) is 7.23. The van der Waals surface area contributed by atoms with Crippen LogP contribution in [0.1, 0.15) is 15.9 Å². The van der Waals surface area contributed by atoms with Gasteiger partial charge in [-0.1, -0.05) is 18.2 Å². The number of pyridine rings is 1. The lowest BCUT2D eigenvalue weighted by atomic mass is 10.1. The van der Waals surface area contributed by atoms with Crippen LogP contribution in [0.2, 0.25) is 0 Å². The van der Waals surface area contributed by atoms with Gasteiger partial charge in [-0.15, -0.1) is 0 Å². The first-order chi connectivity index (χ1) is 14.2. The molecule has 1 aliphatic rings. The number of nitrogen functional groups attached to an aromatic ring is 1. The van der Waals surface area contributed by atoms with Gasteiger partial charge in [-0.2, -0.15) is 0 Å². The number of carbonyl (C=O) groups is 1. The average Bonchev–Trinajstić information content (AvgIpc) is 2.75. The lowest BCUT2D eigenvalue weighted by Gasteiger charge is -2.34. The summed E-state index contributed by atoms with van der Waals surface area (Å²) in [7, 11) is 0. The molecule has 6 heteroatoms. The molecule has 0 bridgehead atoms. The van der Waals surface area contributed by atoms with E-state index in [0.717, 1.165) is 55.2 Å². The predicted molar refractivity (Wildman–Crippen MR) is 116 cm³/mol. The summed E-state index contributed by atoms with van der Waals surface area (Å²) < 4.78 is 0. The Bertz CT molecular complexity index is 951. The lowest BCUT2D eigenvalue weighted by Crippen LogP contribution is -2.48. The van der Waals surface area contributed by atoms with E-state index in [4.69, 9.17) is 5.73 Å². The Labute approximate surface area is 171 Å². The van der Waals surface area contributed by atoms with Crippen LogP contribution in [0.15, 0.2) is 72.9 Å².